The maximum absolute atomic E-state index is 12.9. The quantitative estimate of drug-likeness (QED) is 0.641. The normalized spacial score (nSPS) is 17.7. The van der Waals surface area contributed by atoms with Gasteiger partial charge < -0.3 is 5.32 Å². The highest BCUT2D eigenvalue weighted by Crippen LogP contribution is 2.30. The van der Waals surface area contributed by atoms with E-state index in [1.165, 1.54) is 15.5 Å². The van der Waals surface area contributed by atoms with E-state index in [4.69, 9.17) is 0 Å². The lowest BCUT2D eigenvalue weighted by Crippen LogP contribution is -2.42. The van der Waals surface area contributed by atoms with Crippen LogP contribution < -0.4 is 5.32 Å². The molecule has 0 radical (unpaired) electrons. The number of benzene rings is 2. The average Bonchev–Trinajstić information content (AvgIpc) is 2.78. The minimum Gasteiger partial charge on any atom is -0.356 e. The molecule has 2 heterocycles. The number of amides is 3. The highest BCUT2D eigenvalue weighted by Gasteiger charge is 2.32. The molecule has 0 saturated carbocycles. The Bertz CT molecular complexity index is 1120. The Hall–Kier alpha value is -2.78. The first-order chi connectivity index (χ1) is 15.3. The standard InChI is InChI=1S/C23H27N3O5S/c1-32(30,31)25-13-10-16(11-14-25)15-24-20(27)9-4-12-26-22(28)18-7-2-5-17-6-3-8-19(21(17)18)23(26)29/h2-3,5-8,16H,4,9-15H2,1H3,(H,24,27). The van der Waals surface area contributed by atoms with Crippen LogP contribution in [-0.2, 0) is 14.8 Å². The fraction of sp³-hybridized carbons (Fsp3) is 0.435. The number of nitrogens with one attached hydrogen (secondary N) is 1. The summed E-state index contributed by atoms with van der Waals surface area (Å²) >= 11 is 0. The summed E-state index contributed by atoms with van der Waals surface area (Å²) in [4.78, 5) is 39.2. The predicted molar refractivity (Wildman–Crippen MR) is 121 cm³/mol. The van der Waals surface area contributed by atoms with Crippen LogP contribution in [0.4, 0.5) is 0 Å². The fourth-order valence-corrected chi connectivity index (χ4v) is 5.35. The Labute approximate surface area is 187 Å². The van der Waals surface area contributed by atoms with E-state index >= 15 is 0 Å². The van der Waals surface area contributed by atoms with Gasteiger partial charge in [0.1, 0.15) is 0 Å². The zero-order chi connectivity index (χ0) is 22.9. The van der Waals surface area contributed by atoms with Gasteiger partial charge in [-0.25, -0.2) is 12.7 Å². The van der Waals surface area contributed by atoms with Crippen molar-refractivity contribution >= 4 is 38.5 Å². The molecule has 2 aliphatic rings. The molecule has 1 saturated heterocycles. The van der Waals surface area contributed by atoms with Gasteiger partial charge in [-0.15, -0.1) is 0 Å². The number of sulfonamides is 1. The predicted octanol–water partition coefficient (Wildman–Crippen LogP) is 2.00. The molecule has 4 rings (SSSR count). The summed E-state index contributed by atoms with van der Waals surface area (Å²) in [6.45, 7) is 1.65. The zero-order valence-corrected chi connectivity index (χ0v) is 18.9. The monoisotopic (exact) mass is 457 g/mol. The number of hydrogen-bond acceptors (Lipinski definition) is 5. The summed E-state index contributed by atoms with van der Waals surface area (Å²) in [5.41, 5.74) is 1.03. The molecular weight excluding hydrogens is 430 g/mol. The van der Waals surface area contributed by atoms with Crippen LogP contribution in [0.1, 0.15) is 46.4 Å². The van der Waals surface area contributed by atoms with E-state index in [2.05, 4.69) is 5.32 Å². The maximum atomic E-state index is 12.9. The van der Waals surface area contributed by atoms with Crippen LogP contribution in [0, 0.1) is 5.92 Å². The lowest BCUT2D eigenvalue weighted by molar-refractivity contribution is -0.121. The maximum Gasteiger partial charge on any atom is 0.261 e. The van der Waals surface area contributed by atoms with E-state index in [-0.39, 0.29) is 36.6 Å². The average molecular weight is 458 g/mol. The molecule has 1 fully saturated rings. The minimum atomic E-state index is -3.16. The van der Waals surface area contributed by atoms with Crippen LogP contribution in [0.3, 0.4) is 0 Å². The van der Waals surface area contributed by atoms with Crippen LogP contribution in [0.15, 0.2) is 36.4 Å². The molecule has 0 atom stereocenters. The first-order valence-electron chi connectivity index (χ1n) is 10.9. The summed E-state index contributed by atoms with van der Waals surface area (Å²) < 4.78 is 24.6. The summed E-state index contributed by atoms with van der Waals surface area (Å²) in [6.07, 6.45) is 3.25. The van der Waals surface area contributed by atoms with E-state index in [1.807, 2.05) is 12.1 Å². The van der Waals surface area contributed by atoms with Gasteiger partial charge >= 0.3 is 0 Å². The molecule has 0 unspecified atom stereocenters. The molecule has 32 heavy (non-hydrogen) atoms. The Morgan fingerprint density at radius 3 is 2.19 bits per heavy atom. The molecule has 8 nitrogen and oxygen atoms in total. The van der Waals surface area contributed by atoms with Crippen molar-refractivity contribution in [2.24, 2.45) is 5.92 Å². The molecule has 2 aliphatic heterocycles. The molecule has 0 aromatic heterocycles. The lowest BCUT2D eigenvalue weighted by atomic mass is 9.94. The van der Waals surface area contributed by atoms with Crippen molar-refractivity contribution in [2.75, 3.05) is 32.4 Å². The van der Waals surface area contributed by atoms with Gasteiger partial charge in [0, 0.05) is 49.1 Å². The van der Waals surface area contributed by atoms with E-state index in [0.29, 0.717) is 42.6 Å². The fourth-order valence-electron chi connectivity index (χ4n) is 4.47. The number of carbonyl (C=O) groups excluding carboxylic acids is 3. The van der Waals surface area contributed by atoms with E-state index in [1.54, 1.807) is 24.3 Å². The van der Waals surface area contributed by atoms with Crippen LogP contribution in [0.2, 0.25) is 0 Å². The number of nitrogens with zero attached hydrogens (tertiary/aromatic N) is 2. The number of imide groups is 1. The Morgan fingerprint density at radius 2 is 1.62 bits per heavy atom. The Balaban J connectivity index is 1.27. The van der Waals surface area contributed by atoms with Crippen molar-refractivity contribution in [2.45, 2.75) is 25.7 Å². The Morgan fingerprint density at radius 1 is 1.03 bits per heavy atom. The summed E-state index contributed by atoms with van der Waals surface area (Å²) in [6, 6.07) is 10.8. The van der Waals surface area contributed by atoms with Crippen molar-refractivity contribution in [1.29, 1.82) is 0 Å². The van der Waals surface area contributed by atoms with Crippen molar-refractivity contribution < 1.29 is 22.8 Å². The molecule has 0 spiro atoms. The van der Waals surface area contributed by atoms with Crippen LogP contribution in [0.5, 0.6) is 0 Å². The SMILES string of the molecule is CS(=O)(=O)N1CCC(CNC(=O)CCCN2C(=O)c3cccc4cccc(c34)C2=O)CC1. The smallest absolute Gasteiger partial charge is 0.261 e. The van der Waals surface area contributed by atoms with Crippen molar-refractivity contribution in [3.05, 3.63) is 47.5 Å². The third kappa shape index (κ3) is 4.54. The first kappa shape index (κ1) is 22.4. The molecule has 3 amide bonds. The molecular formula is C23H27N3O5S. The molecule has 2 aromatic rings. The highest BCUT2D eigenvalue weighted by atomic mass is 32.2. The molecule has 9 heteroatoms. The second-order valence-corrected chi connectivity index (χ2v) is 10.5. The van der Waals surface area contributed by atoms with Crippen LogP contribution >= 0.6 is 0 Å². The number of hydrogen-bond donors (Lipinski definition) is 1. The largest absolute Gasteiger partial charge is 0.356 e. The van der Waals surface area contributed by atoms with Crippen LogP contribution in [-0.4, -0.2) is 67.8 Å². The molecule has 170 valence electrons. The van der Waals surface area contributed by atoms with E-state index in [9.17, 15) is 22.8 Å². The summed E-state index contributed by atoms with van der Waals surface area (Å²) in [5, 5.41) is 4.46. The van der Waals surface area contributed by atoms with Crippen molar-refractivity contribution in [1.82, 2.24) is 14.5 Å². The van der Waals surface area contributed by atoms with Gasteiger partial charge in [0.05, 0.1) is 6.26 Å². The van der Waals surface area contributed by atoms with Gasteiger partial charge in [0.25, 0.3) is 11.8 Å². The van der Waals surface area contributed by atoms with Gasteiger partial charge in [-0.1, -0.05) is 24.3 Å². The molecule has 0 aliphatic carbocycles. The third-order valence-electron chi connectivity index (χ3n) is 6.27. The van der Waals surface area contributed by atoms with Gasteiger partial charge in [0.2, 0.25) is 15.9 Å². The first-order valence-corrected chi connectivity index (χ1v) is 12.7. The van der Waals surface area contributed by atoms with Gasteiger partial charge in [0.15, 0.2) is 0 Å². The topological polar surface area (TPSA) is 104 Å². The number of piperidine rings is 1. The number of rotatable bonds is 7. The Kier molecular flexibility index (Phi) is 6.30. The van der Waals surface area contributed by atoms with Gasteiger partial charge in [-0.05, 0) is 42.7 Å². The third-order valence-corrected chi connectivity index (χ3v) is 7.57. The van der Waals surface area contributed by atoms with Crippen LogP contribution in [0.25, 0.3) is 10.8 Å². The van der Waals surface area contributed by atoms with Crippen molar-refractivity contribution in [3.63, 3.8) is 0 Å². The lowest BCUT2D eigenvalue weighted by Gasteiger charge is -2.30. The van der Waals surface area contributed by atoms with E-state index in [0.717, 1.165) is 18.2 Å². The van der Waals surface area contributed by atoms with Crippen molar-refractivity contribution in [3.8, 4) is 0 Å². The van der Waals surface area contributed by atoms with Gasteiger partial charge in [-0.2, -0.15) is 0 Å². The second kappa shape index (κ2) is 8.99. The van der Waals surface area contributed by atoms with Gasteiger partial charge in [-0.3, -0.25) is 19.3 Å². The molecule has 0 bridgehead atoms. The zero-order valence-electron chi connectivity index (χ0n) is 18.0. The summed E-state index contributed by atoms with van der Waals surface area (Å²) in [7, 11) is -3.16. The minimum absolute atomic E-state index is 0.130. The molecule has 2 aromatic carbocycles. The summed E-state index contributed by atoms with van der Waals surface area (Å²) in [5.74, 6) is -0.524. The second-order valence-electron chi connectivity index (χ2n) is 8.48. The molecule has 1 N–H and O–H groups in total. The highest BCUT2D eigenvalue weighted by molar-refractivity contribution is 7.88. The van der Waals surface area contributed by atoms with E-state index < -0.39 is 10.0 Å². The number of carbonyl (C=O) groups is 3.